The molecule has 0 aliphatic heterocycles. The summed E-state index contributed by atoms with van der Waals surface area (Å²) in [6.45, 7) is 3.88. The molecule has 0 atom stereocenters. The molecule has 5 heteroatoms. The number of nitrogens with zero attached hydrogens (tertiary/aromatic N) is 2. The Labute approximate surface area is 165 Å². The first kappa shape index (κ1) is 17.5. The number of nitrogens with one attached hydrogen (secondary N) is 1. The third-order valence-corrected chi connectivity index (χ3v) is 4.97. The first-order chi connectivity index (χ1) is 13.0. The maximum absolute atomic E-state index is 10.3. The number of aromatic amines is 1. The van der Waals surface area contributed by atoms with Crippen LogP contribution in [0.3, 0.4) is 0 Å². The SMILES string of the molecule is Cc1ccc(-c2nc3ccccc3[nH]2)cc1N=Cc1cc(Br)cc(C)c1O. The zero-order valence-electron chi connectivity index (χ0n) is 15.0. The number of hydrogen-bond donors (Lipinski definition) is 2. The first-order valence-electron chi connectivity index (χ1n) is 8.60. The van der Waals surface area contributed by atoms with E-state index in [0.717, 1.165) is 43.7 Å². The predicted molar refractivity (Wildman–Crippen MR) is 114 cm³/mol. The maximum atomic E-state index is 10.3. The Kier molecular flexibility index (Phi) is 4.54. The molecule has 0 saturated heterocycles. The van der Waals surface area contributed by atoms with Gasteiger partial charge >= 0.3 is 0 Å². The van der Waals surface area contributed by atoms with Crippen molar-refractivity contribution in [3.8, 4) is 17.1 Å². The molecule has 3 aromatic carbocycles. The van der Waals surface area contributed by atoms with Crippen LogP contribution in [0.2, 0.25) is 0 Å². The van der Waals surface area contributed by atoms with Gasteiger partial charge in [-0.15, -0.1) is 0 Å². The van der Waals surface area contributed by atoms with Crippen LogP contribution in [0.1, 0.15) is 16.7 Å². The van der Waals surface area contributed by atoms with Gasteiger partial charge in [0.25, 0.3) is 0 Å². The van der Waals surface area contributed by atoms with Crippen LogP contribution in [0, 0.1) is 13.8 Å². The number of benzene rings is 3. The zero-order chi connectivity index (χ0) is 19.0. The molecule has 2 N–H and O–H groups in total. The summed E-state index contributed by atoms with van der Waals surface area (Å²) in [5.74, 6) is 1.06. The minimum Gasteiger partial charge on any atom is -0.507 e. The van der Waals surface area contributed by atoms with Crippen molar-refractivity contribution in [1.82, 2.24) is 9.97 Å². The van der Waals surface area contributed by atoms with Crippen molar-refractivity contribution in [1.29, 1.82) is 0 Å². The van der Waals surface area contributed by atoms with Crippen molar-refractivity contribution < 1.29 is 5.11 Å². The number of aryl methyl sites for hydroxylation is 2. The number of imidazole rings is 1. The molecule has 4 nitrogen and oxygen atoms in total. The summed E-state index contributed by atoms with van der Waals surface area (Å²) in [4.78, 5) is 12.6. The molecule has 134 valence electrons. The molecule has 0 fully saturated rings. The average molecular weight is 420 g/mol. The largest absolute Gasteiger partial charge is 0.507 e. The van der Waals surface area contributed by atoms with Gasteiger partial charge in [0, 0.05) is 21.8 Å². The van der Waals surface area contributed by atoms with E-state index in [0.29, 0.717) is 5.56 Å². The highest BCUT2D eigenvalue weighted by atomic mass is 79.9. The molecule has 0 aliphatic carbocycles. The Hall–Kier alpha value is -2.92. The number of aromatic hydroxyl groups is 1. The number of hydrogen-bond acceptors (Lipinski definition) is 3. The van der Waals surface area contributed by atoms with E-state index in [1.165, 1.54) is 0 Å². The fraction of sp³-hybridized carbons (Fsp3) is 0.0909. The standard InChI is InChI=1S/C22H18BrN3O/c1-13-7-8-15(22-25-18-5-3-4-6-19(18)26-22)11-20(13)24-12-16-10-17(23)9-14(2)21(16)27/h3-12,27H,1-2H3,(H,25,26). The minimum atomic E-state index is 0.244. The van der Waals surface area contributed by atoms with E-state index in [4.69, 9.17) is 0 Å². The predicted octanol–water partition coefficient (Wildman–Crippen LogP) is 6.07. The highest BCUT2D eigenvalue weighted by Crippen LogP contribution is 2.29. The topological polar surface area (TPSA) is 61.3 Å². The van der Waals surface area contributed by atoms with Gasteiger partial charge < -0.3 is 10.1 Å². The quantitative estimate of drug-likeness (QED) is 0.396. The van der Waals surface area contributed by atoms with Crippen molar-refractivity contribution in [2.75, 3.05) is 0 Å². The molecular formula is C22H18BrN3O. The van der Waals surface area contributed by atoms with Gasteiger partial charge in [-0.2, -0.15) is 0 Å². The highest BCUT2D eigenvalue weighted by Gasteiger charge is 2.08. The first-order valence-corrected chi connectivity index (χ1v) is 9.39. The molecular weight excluding hydrogens is 402 g/mol. The van der Waals surface area contributed by atoms with Gasteiger partial charge in [0.05, 0.1) is 16.7 Å². The molecule has 0 unspecified atom stereocenters. The summed E-state index contributed by atoms with van der Waals surface area (Å²) in [6.07, 6.45) is 1.69. The summed E-state index contributed by atoms with van der Waals surface area (Å²) in [5.41, 5.74) is 6.29. The second kappa shape index (κ2) is 7.00. The van der Waals surface area contributed by atoms with Crippen LogP contribution in [-0.4, -0.2) is 21.3 Å². The molecule has 1 heterocycles. The lowest BCUT2D eigenvalue weighted by molar-refractivity contribution is 0.470. The van der Waals surface area contributed by atoms with Crippen molar-refractivity contribution in [2.24, 2.45) is 4.99 Å². The lowest BCUT2D eigenvalue weighted by Crippen LogP contribution is -1.87. The molecule has 0 amide bonds. The van der Waals surface area contributed by atoms with E-state index < -0.39 is 0 Å². The van der Waals surface area contributed by atoms with Gasteiger partial charge in [-0.3, -0.25) is 4.99 Å². The van der Waals surface area contributed by atoms with E-state index in [1.807, 2.05) is 68.4 Å². The van der Waals surface area contributed by atoms with Gasteiger partial charge in [-0.05, 0) is 55.3 Å². The normalized spacial score (nSPS) is 11.5. The Balaban J connectivity index is 1.73. The lowest BCUT2D eigenvalue weighted by Gasteiger charge is -2.06. The van der Waals surface area contributed by atoms with Crippen LogP contribution < -0.4 is 0 Å². The number of para-hydroxylation sites is 2. The van der Waals surface area contributed by atoms with E-state index in [-0.39, 0.29) is 5.75 Å². The molecule has 4 rings (SSSR count). The molecule has 0 bridgehead atoms. The number of aromatic nitrogens is 2. The fourth-order valence-electron chi connectivity index (χ4n) is 2.98. The van der Waals surface area contributed by atoms with Gasteiger partial charge in [0.15, 0.2) is 0 Å². The second-order valence-corrected chi connectivity index (χ2v) is 7.44. The summed E-state index contributed by atoms with van der Waals surface area (Å²) < 4.78 is 0.909. The molecule has 0 saturated carbocycles. The van der Waals surface area contributed by atoms with Crippen molar-refractivity contribution >= 4 is 38.9 Å². The van der Waals surface area contributed by atoms with E-state index in [1.54, 1.807) is 6.21 Å². The van der Waals surface area contributed by atoms with Crippen LogP contribution in [0.25, 0.3) is 22.4 Å². The van der Waals surface area contributed by atoms with Gasteiger partial charge in [0.2, 0.25) is 0 Å². The van der Waals surface area contributed by atoms with Crippen molar-refractivity contribution in [3.63, 3.8) is 0 Å². The average Bonchev–Trinajstić information content (AvgIpc) is 3.08. The van der Waals surface area contributed by atoms with E-state index in [2.05, 4.69) is 30.9 Å². The van der Waals surface area contributed by atoms with Crippen molar-refractivity contribution in [3.05, 3.63) is 75.8 Å². The lowest BCUT2D eigenvalue weighted by atomic mass is 10.1. The van der Waals surface area contributed by atoms with Crippen LogP contribution in [0.15, 0.2) is 64.1 Å². The highest BCUT2D eigenvalue weighted by molar-refractivity contribution is 9.10. The Bertz CT molecular complexity index is 1140. The number of rotatable bonds is 3. The number of halogens is 1. The smallest absolute Gasteiger partial charge is 0.138 e. The molecule has 0 aliphatic rings. The molecule has 27 heavy (non-hydrogen) atoms. The number of H-pyrrole nitrogens is 1. The Morgan fingerprint density at radius 2 is 1.85 bits per heavy atom. The van der Waals surface area contributed by atoms with Crippen LogP contribution >= 0.6 is 15.9 Å². The van der Waals surface area contributed by atoms with Crippen LogP contribution in [-0.2, 0) is 0 Å². The third-order valence-electron chi connectivity index (χ3n) is 4.51. The van der Waals surface area contributed by atoms with E-state index >= 15 is 0 Å². The van der Waals surface area contributed by atoms with E-state index in [9.17, 15) is 5.11 Å². The molecule has 0 spiro atoms. The summed E-state index contributed by atoms with van der Waals surface area (Å²) in [5, 5.41) is 10.3. The Morgan fingerprint density at radius 3 is 2.67 bits per heavy atom. The van der Waals surface area contributed by atoms with Gasteiger partial charge in [-0.1, -0.05) is 40.2 Å². The Morgan fingerprint density at radius 1 is 1.04 bits per heavy atom. The summed E-state index contributed by atoms with van der Waals surface area (Å²) in [6, 6.07) is 17.8. The maximum Gasteiger partial charge on any atom is 0.138 e. The monoisotopic (exact) mass is 419 g/mol. The second-order valence-electron chi connectivity index (χ2n) is 6.52. The number of phenolic OH excluding ortho intramolecular Hbond substituents is 1. The molecule has 0 radical (unpaired) electrons. The summed E-state index contributed by atoms with van der Waals surface area (Å²) >= 11 is 3.46. The van der Waals surface area contributed by atoms with Gasteiger partial charge in [0.1, 0.15) is 11.6 Å². The number of fused-ring (bicyclic) bond motifs is 1. The fourth-order valence-corrected chi connectivity index (χ4v) is 3.57. The third kappa shape index (κ3) is 3.51. The molecule has 1 aromatic heterocycles. The zero-order valence-corrected chi connectivity index (χ0v) is 16.6. The van der Waals surface area contributed by atoms with Crippen molar-refractivity contribution in [2.45, 2.75) is 13.8 Å². The van der Waals surface area contributed by atoms with Crippen LogP contribution in [0.4, 0.5) is 5.69 Å². The number of aliphatic imine (C=N–C) groups is 1. The minimum absolute atomic E-state index is 0.244. The van der Waals surface area contributed by atoms with Gasteiger partial charge in [-0.25, -0.2) is 4.98 Å². The van der Waals surface area contributed by atoms with Crippen LogP contribution in [0.5, 0.6) is 5.75 Å². The molecule has 4 aromatic rings. The number of phenols is 1. The summed E-state index contributed by atoms with van der Waals surface area (Å²) in [7, 11) is 0.